The summed E-state index contributed by atoms with van der Waals surface area (Å²) in [6.07, 6.45) is -5.87. The SMILES string of the molecule is CC(C)(C#N)c1ccc(OC(N)=O)cc1C(F)(F)F. The summed E-state index contributed by atoms with van der Waals surface area (Å²) in [7, 11) is 0. The molecule has 1 rings (SSSR count). The summed E-state index contributed by atoms with van der Waals surface area (Å²) < 4.78 is 43.3. The summed E-state index contributed by atoms with van der Waals surface area (Å²) in [5.74, 6) is -0.322. The van der Waals surface area contributed by atoms with Crippen LogP contribution in [0.25, 0.3) is 0 Å². The van der Waals surface area contributed by atoms with Gasteiger partial charge in [-0.25, -0.2) is 4.79 Å². The summed E-state index contributed by atoms with van der Waals surface area (Å²) in [5, 5.41) is 8.93. The largest absolute Gasteiger partial charge is 0.416 e. The van der Waals surface area contributed by atoms with Crippen LogP contribution >= 0.6 is 0 Å². The number of benzene rings is 1. The van der Waals surface area contributed by atoms with Crippen molar-refractivity contribution in [1.29, 1.82) is 5.26 Å². The van der Waals surface area contributed by atoms with E-state index in [4.69, 9.17) is 11.0 Å². The number of carbonyl (C=O) groups excluding carboxylic acids is 1. The predicted molar refractivity (Wildman–Crippen MR) is 60.3 cm³/mol. The summed E-state index contributed by atoms with van der Waals surface area (Å²) in [5.41, 5.74) is 2.19. The van der Waals surface area contributed by atoms with Crippen molar-refractivity contribution in [1.82, 2.24) is 0 Å². The molecule has 2 N–H and O–H groups in total. The van der Waals surface area contributed by atoms with Gasteiger partial charge in [-0.1, -0.05) is 6.07 Å². The summed E-state index contributed by atoms with van der Waals surface area (Å²) in [6, 6.07) is 4.71. The summed E-state index contributed by atoms with van der Waals surface area (Å²) in [6.45, 7) is 2.73. The van der Waals surface area contributed by atoms with E-state index < -0.39 is 23.2 Å². The zero-order valence-electron chi connectivity index (χ0n) is 10.2. The zero-order chi connectivity index (χ0) is 14.8. The number of carbonyl (C=O) groups is 1. The van der Waals surface area contributed by atoms with Gasteiger partial charge in [-0.3, -0.25) is 0 Å². The van der Waals surface area contributed by atoms with Crippen LogP contribution in [0.5, 0.6) is 5.75 Å². The number of hydrogen-bond acceptors (Lipinski definition) is 3. The Kier molecular flexibility index (Phi) is 3.75. The Morgan fingerprint density at radius 1 is 1.32 bits per heavy atom. The highest BCUT2D eigenvalue weighted by atomic mass is 19.4. The Balaban J connectivity index is 3.43. The second-order valence-electron chi connectivity index (χ2n) is 4.36. The second-order valence-corrected chi connectivity index (χ2v) is 4.36. The van der Waals surface area contributed by atoms with Crippen LogP contribution in [0.15, 0.2) is 18.2 Å². The molecule has 0 spiro atoms. The predicted octanol–water partition coefficient (Wildman–Crippen LogP) is 2.96. The van der Waals surface area contributed by atoms with Gasteiger partial charge in [-0.2, -0.15) is 18.4 Å². The minimum Gasteiger partial charge on any atom is -0.410 e. The highest BCUT2D eigenvalue weighted by Crippen LogP contribution is 2.39. The van der Waals surface area contributed by atoms with E-state index in [1.165, 1.54) is 13.8 Å². The molecule has 0 radical (unpaired) electrons. The molecule has 0 bridgehead atoms. The number of ether oxygens (including phenoxy) is 1. The van der Waals surface area contributed by atoms with Gasteiger partial charge in [0.1, 0.15) is 5.75 Å². The van der Waals surface area contributed by atoms with Crippen LogP contribution in [0.4, 0.5) is 18.0 Å². The molecule has 0 unspecified atom stereocenters. The van der Waals surface area contributed by atoms with Gasteiger partial charge in [0.2, 0.25) is 0 Å². The third kappa shape index (κ3) is 3.37. The zero-order valence-corrected chi connectivity index (χ0v) is 10.2. The summed E-state index contributed by atoms with van der Waals surface area (Å²) >= 11 is 0. The number of hydrogen-bond donors (Lipinski definition) is 1. The average Bonchev–Trinajstić information content (AvgIpc) is 2.26. The van der Waals surface area contributed by atoms with E-state index in [1.807, 2.05) is 0 Å². The van der Waals surface area contributed by atoms with Crippen LogP contribution in [0, 0.1) is 11.3 Å². The van der Waals surface area contributed by atoms with Gasteiger partial charge in [-0.15, -0.1) is 0 Å². The van der Waals surface area contributed by atoms with Crippen LogP contribution in [-0.2, 0) is 11.6 Å². The standard InChI is InChI=1S/C12H11F3N2O2/c1-11(2,6-16)8-4-3-7(19-10(17)18)5-9(8)12(13,14)15/h3-5H,1-2H3,(H2,17,18). The number of rotatable bonds is 2. The lowest BCUT2D eigenvalue weighted by Gasteiger charge is -2.22. The molecule has 0 aliphatic carbocycles. The Bertz CT molecular complexity index is 545. The molecule has 0 aliphatic heterocycles. The second kappa shape index (κ2) is 4.80. The molecule has 1 aromatic carbocycles. The van der Waals surface area contributed by atoms with Crippen LogP contribution in [0.1, 0.15) is 25.0 Å². The van der Waals surface area contributed by atoms with E-state index in [-0.39, 0.29) is 11.3 Å². The van der Waals surface area contributed by atoms with Gasteiger partial charge in [0, 0.05) is 0 Å². The van der Waals surface area contributed by atoms with Crippen molar-refractivity contribution >= 4 is 6.09 Å². The maximum absolute atomic E-state index is 13.0. The highest BCUT2D eigenvalue weighted by molar-refractivity contribution is 5.68. The quantitative estimate of drug-likeness (QED) is 0.899. The Hall–Kier alpha value is -2.23. The first-order valence-electron chi connectivity index (χ1n) is 5.18. The number of nitriles is 1. The third-order valence-electron chi connectivity index (χ3n) is 2.47. The highest BCUT2D eigenvalue weighted by Gasteiger charge is 2.38. The number of alkyl halides is 3. The Morgan fingerprint density at radius 2 is 1.89 bits per heavy atom. The van der Waals surface area contributed by atoms with Gasteiger partial charge >= 0.3 is 12.3 Å². The maximum atomic E-state index is 13.0. The van der Waals surface area contributed by atoms with Crippen molar-refractivity contribution in [3.8, 4) is 11.8 Å². The molecule has 1 amide bonds. The first kappa shape index (κ1) is 14.8. The molecule has 19 heavy (non-hydrogen) atoms. The van der Waals surface area contributed by atoms with Crippen molar-refractivity contribution < 1.29 is 22.7 Å². The van der Waals surface area contributed by atoms with E-state index in [1.54, 1.807) is 6.07 Å². The number of nitrogens with two attached hydrogens (primary N) is 1. The van der Waals surface area contributed by atoms with E-state index in [0.717, 1.165) is 12.1 Å². The smallest absolute Gasteiger partial charge is 0.410 e. The lowest BCUT2D eigenvalue weighted by molar-refractivity contribution is -0.138. The number of primary amides is 1. The van der Waals surface area contributed by atoms with Crippen molar-refractivity contribution in [3.05, 3.63) is 29.3 Å². The Morgan fingerprint density at radius 3 is 2.32 bits per heavy atom. The first-order chi connectivity index (χ1) is 8.58. The van der Waals surface area contributed by atoms with Crippen LogP contribution in [0.2, 0.25) is 0 Å². The average molecular weight is 272 g/mol. The number of nitrogens with zero attached hydrogens (tertiary/aromatic N) is 1. The lowest BCUT2D eigenvalue weighted by atomic mass is 9.83. The topological polar surface area (TPSA) is 76.1 Å². The molecule has 1 aromatic rings. The molecule has 0 heterocycles. The lowest BCUT2D eigenvalue weighted by Crippen LogP contribution is -2.22. The van der Waals surface area contributed by atoms with Crippen molar-refractivity contribution in [3.63, 3.8) is 0 Å². The van der Waals surface area contributed by atoms with Gasteiger partial charge < -0.3 is 10.5 Å². The molecule has 0 fully saturated rings. The molecule has 0 aliphatic rings. The maximum Gasteiger partial charge on any atom is 0.416 e. The minimum absolute atomic E-state index is 0.195. The number of amides is 1. The van der Waals surface area contributed by atoms with E-state index in [0.29, 0.717) is 6.07 Å². The molecular weight excluding hydrogens is 261 g/mol. The fourth-order valence-electron chi connectivity index (χ4n) is 1.54. The van der Waals surface area contributed by atoms with E-state index in [2.05, 4.69) is 4.74 Å². The van der Waals surface area contributed by atoms with Crippen LogP contribution < -0.4 is 10.5 Å². The molecule has 0 atom stereocenters. The first-order valence-corrected chi connectivity index (χ1v) is 5.18. The van der Waals surface area contributed by atoms with Crippen molar-refractivity contribution in [2.24, 2.45) is 5.73 Å². The Labute approximate surface area is 107 Å². The van der Waals surface area contributed by atoms with E-state index >= 15 is 0 Å². The fourth-order valence-corrected chi connectivity index (χ4v) is 1.54. The summed E-state index contributed by atoms with van der Waals surface area (Å²) in [4.78, 5) is 10.5. The molecule has 7 heteroatoms. The minimum atomic E-state index is -4.67. The number of halogens is 3. The molecular formula is C12H11F3N2O2. The van der Waals surface area contributed by atoms with Crippen molar-refractivity contribution in [2.75, 3.05) is 0 Å². The molecule has 4 nitrogen and oxygen atoms in total. The fraction of sp³-hybridized carbons (Fsp3) is 0.333. The van der Waals surface area contributed by atoms with Gasteiger partial charge in [0.15, 0.2) is 0 Å². The third-order valence-corrected chi connectivity index (χ3v) is 2.47. The van der Waals surface area contributed by atoms with E-state index in [9.17, 15) is 18.0 Å². The van der Waals surface area contributed by atoms with Crippen LogP contribution in [0.3, 0.4) is 0 Å². The normalized spacial score (nSPS) is 11.8. The van der Waals surface area contributed by atoms with Gasteiger partial charge in [-0.05, 0) is 31.5 Å². The monoisotopic (exact) mass is 272 g/mol. The van der Waals surface area contributed by atoms with Gasteiger partial charge in [0.25, 0.3) is 0 Å². The molecule has 102 valence electrons. The molecule has 0 saturated carbocycles. The molecule has 0 aromatic heterocycles. The van der Waals surface area contributed by atoms with Gasteiger partial charge in [0.05, 0.1) is 17.0 Å². The molecule has 0 saturated heterocycles. The van der Waals surface area contributed by atoms with Crippen LogP contribution in [-0.4, -0.2) is 6.09 Å². The van der Waals surface area contributed by atoms with Crippen molar-refractivity contribution in [2.45, 2.75) is 25.4 Å².